The second-order valence-electron chi connectivity index (χ2n) is 6.12. The Morgan fingerprint density at radius 2 is 2.04 bits per heavy atom. The van der Waals surface area contributed by atoms with E-state index in [1.54, 1.807) is 11.0 Å². The maximum atomic E-state index is 12.6. The number of methoxy groups -OCH3 is 1. The SMILES string of the molecule is COc1ccc(C(=O)N2CCN(C3CCNC3)CC2)cc1[N+](=O)[O-].Cl. The molecule has 2 aliphatic heterocycles. The van der Waals surface area contributed by atoms with E-state index in [4.69, 9.17) is 4.74 Å². The van der Waals surface area contributed by atoms with Crippen molar-refractivity contribution in [2.75, 3.05) is 46.4 Å². The van der Waals surface area contributed by atoms with Crippen molar-refractivity contribution in [2.24, 2.45) is 0 Å². The maximum absolute atomic E-state index is 12.6. The monoisotopic (exact) mass is 370 g/mol. The third kappa shape index (κ3) is 4.20. The van der Waals surface area contributed by atoms with Crippen LogP contribution in [-0.2, 0) is 0 Å². The Morgan fingerprint density at radius 3 is 2.60 bits per heavy atom. The lowest BCUT2D eigenvalue weighted by atomic mass is 10.1. The lowest BCUT2D eigenvalue weighted by Gasteiger charge is -2.37. The normalized spacial score (nSPS) is 20.8. The molecule has 1 unspecified atom stereocenters. The van der Waals surface area contributed by atoms with Gasteiger partial charge in [-0.25, -0.2) is 0 Å². The minimum absolute atomic E-state index is 0. The van der Waals surface area contributed by atoms with E-state index in [2.05, 4.69) is 10.2 Å². The molecule has 1 N–H and O–H groups in total. The summed E-state index contributed by atoms with van der Waals surface area (Å²) in [4.78, 5) is 27.4. The molecule has 1 amide bonds. The Balaban J connectivity index is 0.00000225. The van der Waals surface area contributed by atoms with Gasteiger partial charge in [-0.15, -0.1) is 12.4 Å². The highest BCUT2D eigenvalue weighted by Crippen LogP contribution is 2.28. The van der Waals surface area contributed by atoms with E-state index in [-0.39, 0.29) is 29.8 Å². The number of amides is 1. The largest absolute Gasteiger partial charge is 0.490 e. The van der Waals surface area contributed by atoms with Gasteiger partial charge >= 0.3 is 5.69 Å². The summed E-state index contributed by atoms with van der Waals surface area (Å²) in [5.41, 5.74) is 0.150. The Morgan fingerprint density at radius 1 is 1.32 bits per heavy atom. The molecule has 0 aromatic heterocycles. The first-order valence-electron chi connectivity index (χ1n) is 8.16. The molecule has 0 bridgehead atoms. The zero-order chi connectivity index (χ0) is 17.1. The average Bonchev–Trinajstić information content (AvgIpc) is 3.15. The number of nitrogens with one attached hydrogen (secondary N) is 1. The summed E-state index contributed by atoms with van der Waals surface area (Å²) in [6.45, 7) is 5.05. The number of piperazine rings is 1. The number of halogens is 1. The topological polar surface area (TPSA) is 88.0 Å². The fourth-order valence-electron chi connectivity index (χ4n) is 3.39. The van der Waals surface area contributed by atoms with Crippen molar-refractivity contribution in [2.45, 2.75) is 12.5 Å². The molecule has 0 radical (unpaired) electrons. The number of benzene rings is 1. The number of ether oxygens (including phenoxy) is 1. The summed E-state index contributed by atoms with van der Waals surface area (Å²) in [7, 11) is 1.38. The van der Waals surface area contributed by atoms with Crippen LogP contribution in [0.5, 0.6) is 5.75 Å². The summed E-state index contributed by atoms with van der Waals surface area (Å²) >= 11 is 0. The lowest BCUT2D eigenvalue weighted by Crippen LogP contribution is -2.52. The van der Waals surface area contributed by atoms with Crippen LogP contribution in [0.25, 0.3) is 0 Å². The van der Waals surface area contributed by atoms with Gasteiger partial charge in [0.2, 0.25) is 0 Å². The van der Waals surface area contributed by atoms with Crippen LogP contribution in [0, 0.1) is 10.1 Å². The minimum Gasteiger partial charge on any atom is -0.490 e. The molecular weight excluding hydrogens is 348 g/mol. The summed E-state index contributed by atoms with van der Waals surface area (Å²) in [5.74, 6) is 0.0000488. The molecular formula is C16H23ClN4O4. The molecule has 25 heavy (non-hydrogen) atoms. The summed E-state index contributed by atoms with van der Waals surface area (Å²) in [6, 6.07) is 4.92. The van der Waals surface area contributed by atoms with Gasteiger partial charge in [0.15, 0.2) is 5.75 Å². The highest BCUT2D eigenvalue weighted by Gasteiger charge is 2.29. The number of carbonyl (C=O) groups is 1. The molecule has 2 heterocycles. The van der Waals surface area contributed by atoms with Crippen LogP contribution in [0.1, 0.15) is 16.8 Å². The van der Waals surface area contributed by atoms with Crippen molar-refractivity contribution in [1.29, 1.82) is 0 Å². The first kappa shape index (κ1) is 19.4. The molecule has 0 aliphatic carbocycles. The van der Waals surface area contributed by atoms with E-state index in [1.807, 2.05) is 0 Å². The third-order valence-corrected chi connectivity index (χ3v) is 4.77. The number of nitro groups is 1. The third-order valence-electron chi connectivity index (χ3n) is 4.77. The predicted octanol–water partition coefficient (Wildman–Crippen LogP) is 1.14. The molecule has 8 nitrogen and oxygen atoms in total. The molecule has 1 atom stereocenters. The van der Waals surface area contributed by atoms with Gasteiger partial charge in [-0.2, -0.15) is 0 Å². The van der Waals surface area contributed by atoms with Gasteiger partial charge in [0.25, 0.3) is 5.91 Å². The number of nitro benzene ring substituents is 1. The van der Waals surface area contributed by atoms with Gasteiger partial charge in [0.05, 0.1) is 12.0 Å². The standard InChI is InChI=1S/C16H22N4O4.ClH/c1-24-15-3-2-12(10-14(15)20(22)23)16(21)19-8-6-18(7-9-19)13-4-5-17-11-13;/h2-3,10,13,17H,4-9,11H2,1H3;1H. The van der Waals surface area contributed by atoms with Crippen LogP contribution >= 0.6 is 12.4 Å². The molecule has 0 saturated carbocycles. The highest BCUT2D eigenvalue weighted by molar-refractivity contribution is 5.95. The summed E-state index contributed by atoms with van der Waals surface area (Å²) < 4.78 is 4.98. The Kier molecular flexibility index (Phi) is 6.57. The van der Waals surface area contributed by atoms with Gasteiger partial charge in [0.1, 0.15) is 0 Å². The fourth-order valence-corrected chi connectivity index (χ4v) is 3.39. The highest BCUT2D eigenvalue weighted by atomic mass is 35.5. The van der Waals surface area contributed by atoms with Crippen LogP contribution in [0.3, 0.4) is 0 Å². The van der Waals surface area contributed by atoms with Crippen LogP contribution in [0.15, 0.2) is 18.2 Å². The molecule has 1 aromatic carbocycles. The minimum atomic E-state index is -0.527. The second-order valence-corrected chi connectivity index (χ2v) is 6.12. The van der Waals surface area contributed by atoms with Crippen molar-refractivity contribution in [1.82, 2.24) is 15.1 Å². The molecule has 3 rings (SSSR count). The fraction of sp³-hybridized carbons (Fsp3) is 0.562. The number of carbonyl (C=O) groups excluding carboxylic acids is 1. The van der Waals surface area contributed by atoms with E-state index in [0.717, 1.165) is 32.6 Å². The quantitative estimate of drug-likeness (QED) is 0.631. The van der Waals surface area contributed by atoms with Crippen LogP contribution in [0.4, 0.5) is 5.69 Å². The van der Waals surface area contributed by atoms with E-state index < -0.39 is 4.92 Å². The van der Waals surface area contributed by atoms with E-state index in [1.165, 1.54) is 19.2 Å². The number of nitrogens with zero attached hydrogens (tertiary/aromatic N) is 3. The van der Waals surface area contributed by atoms with Crippen LogP contribution in [0.2, 0.25) is 0 Å². The van der Waals surface area contributed by atoms with Crippen LogP contribution in [-0.4, -0.2) is 73.1 Å². The molecule has 2 saturated heterocycles. The van der Waals surface area contributed by atoms with Crippen molar-refractivity contribution >= 4 is 24.0 Å². The molecule has 0 spiro atoms. The number of rotatable bonds is 4. The van der Waals surface area contributed by atoms with Gasteiger partial charge < -0.3 is 15.0 Å². The molecule has 1 aromatic rings. The van der Waals surface area contributed by atoms with Crippen molar-refractivity contribution < 1.29 is 14.5 Å². The Bertz CT molecular complexity index is 629. The Labute approximate surface area is 152 Å². The average molecular weight is 371 g/mol. The first-order chi connectivity index (χ1) is 11.6. The summed E-state index contributed by atoms with van der Waals surface area (Å²) in [5, 5.41) is 14.5. The number of hydrogen-bond donors (Lipinski definition) is 1. The molecule has 138 valence electrons. The number of hydrogen-bond acceptors (Lipinski definition) is 6. The molecule has 2 fully saturated rings. The van der Waals surface area contributed by atoms with Crippen molar-refractivity contribution in [3.05, 3.63) is 33.9 Å². The predicted molar refractivity (Wildman–Crippen MR) is 95.6 cm³/mol. The van der Waals surface area contributed by atoms with Gasteiger partial charge in [-0.3, -0.25) is 19.8 Å². The van der Waals surface area contributed by atoms with Crippen LogP contribution < -0.4 is 10.1 Å². The summed E-state index contributed by atoms with van der Waals surface area (Å²) in [6.07, 6.45) is 1.15. The van der Waals surface area contributed by atoms with E-state index in [9.17, 15) is 14.9 Å². The van der Waals surface area contributed by atoms with Crippen molar-refractivity contribution in [3.63, 3.8) is 0 Å². The zero-order valence-electron chi connectivity index (χ0n) is 14.1. The van der Waals surface area contributed by atoms with E-state index >= 15 is 0 Å². The van der Waals surface area contributed by atoms with Crippen molar-refractivity contribution in [3.8, 4) is 5.75 Å². The molecule has 2 aliphatic rings. The lowest BCUT2D eigenvalue weighted by molar-refractivity contribution is -0.385. The van der Waals surface area contributed by atoms with Gasteiger partial charge in [-0.1, -0.05) is 0 Å². The maximum Gasteiger partial charge on any atom is 0.311 e. The zero-order valence-corrected chi connectivity index (χ0v) is 15.0. The first-order valence-corrected chi connectivity index (χ1v) is 8.16. The van der Waals surface area contributed by atoms with Gasteiger partial charge in [0, 0.05) is 50.4 Å². The Hall–Kier alpha value is -1.90. The smallest absolute Gasteiger partial charge is 0.311 e. The van der Waals surface area contributed by atoms with E-state index in [0.29, 0.717) is 24.7 Å². The van der Waals surface area contributed by atoms with Gasteiger partial charge in [-0.05, 0) is 25.1 Å². The second kappa shape index (κ2) is 8.46. The molecule has 9 heteroatoms.